The van der Waals surface area contributed by atoms with Crippen molar-refractivity contribution in [2.24, 2.45) is 0 Å². The van der Waals surface area contributed by atoms with Gasteiger partial charge in [0.15, 0.2) is 12.0 Å². The van der Waals surface area contributed by atoms with Gasteiger partial charge in [-0.1, -0.05) is 6.07 Å². The molecule has 0 aliphatic rings. The molecule has 0 aliphatic heterocycles. The highest BCUT2D eigenvalue weighted by atomic mass is 16.3. The van der Waals surface area contributed by atoms with Crippen LogP contribution in [0.5, 0.6) is 0 Å². The molecule has 1 aromatic carbocycles. The number of fused-ring (bicyclic) bond motifs is 1. The third kappa shape index (κ3) is 2.13. The molecule has 2 N–H and O–H groups in total. The van der Waals surface area contributed by atoms with Crippen molar-refractivity contribution in [2.75, 3.05) is 7.05 Å². The molecule has 0 bridgehead atoms. The maximum Gasteiger partial charge on any atom is 0.238 e. The van der Waals surface area contributed by atoms with Crippen LogP contribution < -0.4 is 10.9 Å². The van der Waals surface area contributed by atoms with E-state index in [-0.39, 0.29) is 5.91 Å². The van der Waals surface area contributed by atoms with E-state index in [1.165, 1.54) is 6.39 Å². The molecule has 1 aromatic heterocycles. The minimum Gasteiger partial charge on any atom is -0.443 e. The van der Waals surface area contributed by atoms with Gasteiger partial charge in [0, 0.05) is 7.05 Å². The number of benzene rings is 1. The minimum atomic E-state index is -0.0867. The number of oxazole rings is 1. The van der Waals surface area contributed by atoms with E-state index in [4.69, 9.17) is 4.42 Å². The first-order valence-electron chi connectivity index (χ1n) is 4.57. The second-order valence-electron chi connectivity index (χ2n) is 3.13. The van der Waals surface area contributed by atoms with Gasteiger partial charge in [-0.2, -0.15) is 0 Å². The van der Waals surface area contributed by atoms with Crippen molar-refractivity contribution >= 4 is 17.0 Å². The number of hydrogen-bond acceptors (Lipinski definition) is 4. The Morgan fingerprint density at radius 1 is 1.53 bits per heavy atom. The summed E-state index contributed by atoms with van der Waals surface area (Å²) in [5.74, 6) is -0.0867. The molecule has 0 atom stereocenters. The molecule has 5 nitrogen and oxygen atoms in total. The first-order chi connectivity index (χ1) is 7.29. The molecule has 0 fully saturated rings. The second-order valence-corrected chi connectivity index (χ2v) is 3.13. The van der Waals surface area contributed by atoms with Gasteiger partial charge in [-0.25, -0.2) is 10.4 Å². The lowest BCUT2D eigenvalue weighted by atomic mass is 10.1. The van der Waals surface area contributed by atoms with E-state index in [1.54, 1.807) is 7.05 Å². The lowest BCUT2D eigenvalue weighted by Crippen LogP contribution is -2.35. The summed E-state index contributed by atoms with van der Waals surface area (Å²) in [7, 11) is 1.65. The van der Waals surface area contributed by atoms with Gasteiger partial charge in [-0.05, 0) is 17.7 Å². The summed E-state index contributed by atoms with van der Waals surface area (Å²) in [5, 5.41) is 0. The van der Waals surface area contributed by atoms with Crippen molar-refractivity contribution in [3.63, 3.8) is 0 Å². The lowest BCUT2D eigenvalue weighted by Gasteiger charge is -2.02. The monoisotopic (exact) mass is 205 g/mol. The van der Waals surface area contributed by atoms with Crippen LogP contribution in [-0.4, -0.2) is 17.9 Å². The first-order valence-corrected chi connectivity index (χ1v) is 4.57. The van der Waals surface area contributed by atoms with E-state index >= 15 is 0 Å². The van der Waals surface area contributed by atoms with Crippen LogP contribution >= 0.6 is 0 Å². The van der Waals surface area contributed by atoms with E-state index < -0.39 is 0 Å². The van der Waals surface area contributed by atoms with Gasteiger partial charge in [0.2, 0.25) is 5.91 Å². The molecule has 78 valence electrons. The molecule has 2 aromatic rings. The Morgan fingerprint density at radius 3 is 3.20 bits per heavy atom. The van der Waals surface area contributed by atoms with Crippen molar-refractivity contribution in [3.8, 4) is 0 Å². The number of nitrogens with zero attached hydrogens (tertiary/aromatic N) is 1. The summed E-state index contributed by atoms with van der Waals surface area (Å²) in [4.78, 5) is 15.3. The fourth-order valence-corrected chi connectivity index (χ4v) is 1.38. The SMILES string of the molecule is CNNC(=O)Cc1ccc2ncoc2c1. The van der Waals surface area contributed by atoms with Crippen LogP contribution in [0, 0.1) is 0 Å². The third-order valence-corrected chi connectivity index (χ3v) is 2.02. The van der Waals surface area contributed by atoms with Crippen LogP contribution in [0.4, 0.5) is 0 Å². The Morgan fingerprint density at radius 2 is 2.40 bits per heavy atom. The van der Waals surface area contributed by atoms with Gasteiger partial charge in [-0.3, -0.25) is 10.2 Å². The molecule has 0 unspecified atom stereocenters. The first kappa shape index (κ1) is 9.67. The summed E-state index contributed by atoms with van der Waals surface area (Å²) in [6.07, 6.45) is 1.71. The van der Waals surface area contributed by atoms with Crippen LogP contribution in [0.3, 0.4) is 0 Å². The smallest absolute Gasteiger partial charge is 0.238 e. The predicted octanol–water partition coefficient (Wildman–Crippen LogP) is 0.621. The van der Waals surface area contributed by atoms with E-state index in [9.17, 15) is 4.79 Å². The highest BCUT2D eigenvalue weighted by Gasteiger charge is 2.04. The van der Waals surface area contributed by atoms with Gasteiger partial charge in [0.05, 0.1) is 6.42 Å². The van der Waals surface area contributed by atoms with Crippen LogP contribution in [0.2, 0.25) is 0 Å². The van der Waals surface area contributed by atoms with Gasteiger partial charge in [0.25, 0.3) is 0 Å². The Balaban J connectivity index is 2.17. The number of hydrogen-bond donors (Lipinski definition) is 2. The zero-order valence-corrected chi connectivity index (χ0v) is 8.28. The minimum absolute atomic E-state index is 0.0867. The Bertz CT molecular complexity index is 478. The maximum atomic E-state index is 11.3. The number of rotatable bonds is 3. The number of amides is 1. The number of hydrazine groups is 1. The van der Waals surface area contributed by atoms with Gasteiger partial charge in [0.1, 0.15) is 5.52 Å². The summed E-state index contributed by atoms with van der Waals surface area (Å²) < 4.78 is 5.14. The highest BCUT2D eigenvalue weighted by molar-refractivity contribution is 5.80. The largest absolute Gasteiger partial charge is 0.443 e. The van der Waals surface area contributed by atoms with E-state index in [0.717, 1.165) is 11.1 Å². The number of nitrogens with one attached hydrogen (secondary N) is 2. The van der Waals surface area contributed by atoms with Crippen molar-refractivity contribution < 1.29 is 9.21 Å². The molecule has 0 radical (unpaired) electrons. The summed E-state index contributed by atoms with van der Waals surface area (Å²) in [6, 6.07) is 5.51. The number of aromatic nitrogens is 1. The highest BCUT2D eigenvalue weighted by Crippen LogP contribution is 2.14. The normalized spacial score (nSPS) is 10.5. The van der Waals surface area contributed by atoms with Crippen LogP contribution in [0.15, 0.2) is 29.0 Å². The topological polar surface area (TPSA) is 67.2 Å². The molecule has 5 heteroatoms. The molecular formula is C10H11N3O2. The van der Waals surface area contributed by atoms with Gasteiger partial charge >= 0.3 is 0 Å². The molecule has 1 amide bonds. The molecule has 0 saturated carbocycles. The van der Waals surface area contributed by atoms with Gasteiger partial charge < -0.3 is 4.42 Å². The molecule has 2 rings (SSSR count). The molecule has 15 heavy (non-hydrogen) atoms. The van der Waals surface area contributed by atoms with Crippen molar-refractivity contribution in [1.29, 1.82) is 0 Å². The zero-order chi connectivity index (χ0) is 10.7. The van der Waals surface area contributed by atoms with E-state index in [2.05, 4.69) is 15.8 Å². The fourth-order valence-electron chi connectivity index (χ4n) is 1.38. The van der Waals surface area contributed by atoms with E-state index in [0.29, 0.717) is 12.0 Å². The van der Waals surface area contributed by atoms with Crippen LogP contribution in [0.1, 0.15) is 5.56 Å². The number of carbonyl (C=O) groups is 1. The van der Waals surface area contributed by atoms with Crippen LogP contribution in [0.25, 0.3) is 11.1 Å². The van der Waals surface area contributed by atoms with Crippen LogP contribution in [-0.2, 0) is 11.2 Å². The average molecular weight is 205 g/mol. The van der Waals surface area contributed by atoms with Crippen molar-refractivity contribution in [1.82, 2.24) is 15.8 Å². The fraction of sp³-hybridized carbons (Fsp3) is 0.200. The second kappa shape index (κ2) is 4.10. The summed E-state index contributed by atoms with van der Waals surface area (Å²) in [6.45, 7) is 0. The Kier molecular flexibility index (Phi) is 2.64. The molecule has 0 aliphatic carbocycles. The van der Waals surface area contributed by atoms with Crippen molar-refractivity contribution in [2.45, 2.75) is 6.42 Å². The molecule has 0 saturated heterocycles. The molecule has 1 heterocycles. The molecular weight excluding hydrogens is 194 g/mol. The zero-order valence-electron chi connectivity index (χ0n) is 8.28. The summed E-state index contributed by atoms with van der Waals surface area (Å²) in [5.41, 5.74) is 7.48. The lowest BCUT2D eigenvalue weighted by molar-refractivity contribution is -0.121. The van der Waals surface area contributed by atoms with Gasteiger partial charge in [-0.15, -0.1) is 0 Å². The standard InChI is InChI=1S/C10H11N3O2/c1-11-13-10(14)5-7-2-3-8-9(4-7)15-6-12-8/h2-4,6,11H,5H2,1H3,(H,13,14). The van der Waals surface area contributed by atoms with E-state index in [1.807, 2.05) is 18.2 Å². The van der Waals surface area contributed by atoms with Crippen molar-refractivity contribution in [3.05, 3.63) is 30.2 Å². The Hall–Kier alpha value is -1.88. The number of carbonyl (C=O) groups excluding carboxylic acids is 1. The summed E-state index contributed by atoms with van der Waals surface area (Å²) >= 11 is 0. The average Bonchev–Trinajstić information content (AvgIpc) is 2.65. The third-order valence-electron chi connectivity index (χ3n) is 2.02. The molecule has 0 spiro atoms. The quantitative estimate of drug-likeness (QED) is 0.721. The maximum absolute atomic E-state index is 11.3. The Labute approximate surface area is 86.5 Å². The predicted molar refractivity (Wildman–Crippen MR) is 54.9 cm³/mol.